The van der Waals surface area contributed by atoms with Crippen molar-refractivity contribution >= 4 is 5.97 Å². The minimum absolute atomic E-state index is 0.00307. The highest BCUT2D eigenvalue weighted by Crippen LogP contribution is 2.48. The molecule has 134 valence electrons. The normalized spacial score (nSPS) is 17.5. The van der Waals surface area contributed by atoms with E-state index in [0.717, 1.165) is 0 Å². The lowest BCUT2D eigenvalue weighted by Gasteiger charge is -2.29. The van der Waals surface area contributed by atoms with Gasteiger partial charge in [-0.2, -0.15) is 0 Å². The fraction of sp³-hybridized carbons (Fsp3) is 0.211. The summed E-state index contributed by atoms with van der Waals surface area (Å²) in [6.07, 6.45) is 0. The van der Waals surface area contributed by atoms with E-state index in [1.54, 1.807) is 37.4 Å². The van der Waals surface area contributed by atoms with Gasteiger partial charge >= 0.3 is 5.97 Å². The average molecular weight is 356 g/mol. The second-order valence-corrected chi connectivity index (χ2v) is 5.86. The zero-order valence-corrected chi connectivity index (χ0v) is 13.9. The standard InChI is InChI=1S/C19H16O7/c1-23-11-4-2-3-10(5-11)17-12-6-14-15(25-9-24-14)7-13(12)26-16(8-20)18(17)19(21)22/h2-7,17,20H,8-9H2,1H3,(H,21,22)/t17-/m0/s1. The number of ether oxygens (including phenoxy) is 4. The largest absolute Gasteiger partial charge is 0.497 e. The monoisotopic (exact) mass is 356 g/mol. The first-order valence-corrected chi connectivity index (χ1v) is 7.95. The summed E-state index contributed by atoms with van der Waals surface area (Å²) in [5, 5.41) is 19.4. The molecule has 2 N–H and O–H groups in total. The van der Waals surface area contributed by atoms with Crippen LogP contribution in [0, 0.1) is 0 Å². The smallest absolute Gasteiger partial charge is 0.336 e. The van der Waals surface area contributed by atoms with Crippen LogP contribution in [0.1, 0.15) is 17.0 Å². The quantitative estimate of drug-likeness (QED) is 0.868. The van der Waals surface area contributed by atoms with Gasteiger partial charge in [-0.05, 0) is 23.8 Å². The Morgan fingerprint density at radius 2 is 1.96 bits per heavy atom. The predicted octanol–water partition coefficient (Wildman–Crippen LogP) is 2.28. The van der Waals surface area contributed by atoms with Crippen LogP contribution in [0.25, 0.3) is 0 Å². The van der Waals surface area contributed by atoms with E-state index in [1.807, 2.05) is 6.07 Å². The van der Waals surface area contributed by atoms with Crippen LogP contribution >= 0.6 is 0 Å². The zero-order chi connectivity index (χ0) is 18.3. The van der Waals surface area contributed by atoms with Crippen LogP contribution < -0.4 is 18.9 Å². The topological polar surface area (TPSA) is 94.5 Å². The van der Waals surface area contributed by atoms with Crippen molar-refractivity contribution < 1.29 is 34.0 Å². The van der Waals surface area contributed by atoms with Gasteiger partial charge in [-0.15, -0.1) is 0 Å². The molecule has 0 radical (unpaired) electrons. The van der Waals surface area contributed by atoms with Crippen LogP contribution in [0.5, 0.6) is 23.0 Å². The molecule has 0 saturated heterocycles. The highest BCUT2D eigenvalue weighted by atomic mass is 16.7. The van der Waals surface area contributed by atoms with E-state index >= 15 is 0 Å². The van der Waals surface area contributed by atoms with Crippen molar-refractivity contribution in [3.8, 4) is 23.0 Å². The Morgan fingerprint density at radius 3 is 2.65 bits per heavy atom. The number of aliphatic hydroxyl groups is 1. The van der Waals surface area contributed by atoms with Gasteiger partial charge in [0.15, 0.2) is 11.5 Å². The van der Waals surface area contributed by atoms with Gasteiger partial charge in [-0.25, -0.2) is 4.79 Å². The first-order chi connectivity index (χ1) is 12.6. The summed E-state index contributed by atoms with van der Waals surface area (Å²) in [5.41, 5.74) is 1.31. The summed E-state index contributed by atoms with van der Waals surface area (Å²) < 4.78 is 21.7. The molecule has 0 spiro atoms. The highest BCUT2D eigenvalue weighted by Gasteiger charge is 2.37. The molecule has 0 fully saturated rings. The van der Waals surface area contributed by atoms with Crippen molar-refractivity contribution in [3.63, 3.8) is 0 Å². The van der Waals surface area contributed by atoms with Crippen molar-refractivity contribution in [1.29, 1.82) is 0 Å². The molecule has 1 atom stereocenters. The lowest BCUT2D eigenvalue weighted by Crippen LogP contribution is -2.24. The van der Waals surface area contributed by atoms with E-state index < -0.39 is 18.5 Å². The van der Waals surface area contributed by atoms with Gasteiger partial charge in [0.1, 0.15) is 23.9 Å². The maximum atomic E-state index is 12.0. The van der Waals surface area contributed by atoms with E-state index in [9.17, 15) is 15.0 Å². The predicted molar refractivity (Wildman–Crippen MR) is 89.8 cm³/mol. The van der Waals surface area contributed by atoms with Crippen LogP contribution in [0.4, 0.5) is 0 Å². The van der Waals surface area contributed by atoms with Crippen molar-refractivity contribution in [2.24, 2.45) is 0 Å². The number of rotatable bonds is 4. The summed E-state index contributed by atoms with van der Waals surface area (Å²) in [6, 6.07) is 10.5. The Morgan fingerprint density at radius 1 is 1.19 bits per heavy atom. The third kappa shape index (κ3) is 2.53. The summed E-state index contributed by atoms with van der Waals surface area (Å²) in [5.74, 6) is 0.259. The number of carboxylic acids is 1. The van der Waals surface area contributed by atoms with Crippen LogP contribution in [-0.4, -0.2) is 36.7 Å². The van der Waals surface area contributed by atoms with E-state index in [2.05, 4.69) is 0 Å². The molecule has 0 aliphatic carbocycles. The highest BCUT2D eigenvalue weighted by molar-refractivity contribution is 5.91. The van der Waals surface area contributed by atoms with E-state index in [0.29, 0.717) is 34.1 Å². The summed E-state index contributed by atoms with van der Waals surface area (Å²) in [6.45, 7) is -0.440. The SMILES string of the molecule is COc1cccc([C@@H]2C(C(=O)O)=C(CO)Oc3cc4c(cc32)OCO4)c1. The van der Waals surface area contributed by atoms with Gasteiger partial charge in [0.25, 0.3) is 0 Å². The fourth-order valence-electron chi connectivity index (χ4n) is 3.28. The van der Waals surface area contributed by atoms with E-state index in [1.165, 1.54) is 0 Å². The fourth-order valence-corrected chi connectivity index (χ4v) is 3.28. The van der Waals surface area contributed by atoms with Crippen molar-refractivity contribution in [1.82, 2.24) is 0 Å². The Balaban J connectivity index is 1.95. The number of fused-ring (bicyclic) bond motifs is 2. The van der Waals surface area contributed by atoms with Gasteiger partial charge in [-0.3, -0.25) is 0 Å². The molecular formula is C19H16O7. The average Bonchev–Trinajstić information content (AvgIpc) is 3.11. The maximum absolute atomic E-state index is 12.0. The third-order valence-electron chi connectivity index (χ3n) is 4.44. The summed E-state index contributed by atoms with van der Waals surface area (Å²) >= 11 is 0. The molecule has 2 aromatic carbocycles. The molecule has 0 saturated carbocycles. The number of carboxylic acid groups (broad SMARTS) is 1. The Hall–Kier alpha value is -3.19. The maximum Gasteiger partial charge on any atom is 0.336 e. The first-order valence-electron chi connectivity index (χ1n) is 7.95. The Labute approximate surface area is 149 Å². The number of aliphatic carboxylic acids is 1. The van der Waals surface area contributed by atoms with Crippen molar-refractivity contribution in [2.45, 2.75) is 5.92 Å². The molecule has 4 rings (SSSR count). The van der Waals surface area contributed by atoms with Crippen LogP contribution in [0.15, 0.2) is 47.7 Å². The Bertz CT molecular complexity index is 916. The van der Waals surface area contributed by atoms with E-state index in [-0.39, 0.29) is 18.1 Å². The number of hydrogen-bond acceptors (Lipinski definition) is 6. The molecule has 2 aromatic rings. The summed E-state index contributed by atoms with van der Waals surface area (Å²) in [7, 11) is 1.54. The zero-order valence-electron chi connectivity index (χ0n) is 13.9. The van der Waals surface area contributed by atoms with Gasteiger partial charge in [0.2, 0.25) is 6.79 Å². The van der Waals surface area contributed by atoms with Crippen molar-refractivity contribution in [2.75, 3.05) is 20.5 Å². The molecule has 7 nitrogen and oxygen atoms in total. The minimum atomic E-state index is -1.16. The molecule has 0 aromatic heterocycles. The number of methoxy groups -OCH3 is 1. The molecule has 2 aliphatic heterocycles. The number of benzene rings is 2. The van der Waals surface area contributed by atoms with Crippen LogP contribution in [0.2, 0.25) is 0 Å². The van der Waals surface area contributed by atoms with Gasteiger partial charge in [-0.1, -0.05) is 12.1 Å². The molecule has 7 heteroatoms. The summed E-state index contributed by atoms with van der Waals surface area (Å²) in [4.78, 5) is 12.0. The van der Waals surface area contributed by atoms with Gasteiger partial charge < -0.3 is 29.2 Å². The van der Waals surface area contributed by atoms with Crippen LogP contribution in [-0.2, 0) is 4.79 Å². The second-order valence-electron chi connectivity index (χ2n) is 5.86. The third-order valence-corrected chi connectivity index (χ3v) is 4.44. The molecule has 0 bridgehead atoms. The lowest BCUT2D eigenvalue weighted by atomic mass is 9.82. The van der Waals surface area contributed by atoms with E-state index in [4.69, 9.17) is 18.9 Å². The molecule has 26 heavy (non-hydrogen) atoms. The number of carbonyl (C=O) groups is 1. The molecular weight excluding hydrogens is 340 g/mol. The Kier molecular flexibility index (Phi) is 3.93. The first kappa shape index (κ1) is 16.3. The number of aliphatic hydroxyl groups excluding tert-OH is 1. The molecule has 2 aliphatic rings. The number of hydrogen-bond donors (Lipinski definition) is 2. The molecule has 2 heterocycles. The minimum Gasteiger partial charge on any atom is -0.497 e. The van der Waals surface area contributed by atoms with Gasteiger partial charge in [0, 0.05) is 17.5 Å². The van der Waals surface area contributed by atoms with Gasteiger partial charge in [0.05, 0.1) is 12.7 Å². The second kappa shape index (κ2) is 6.27. The van der Waals surface area contributed by atoms with Crippen LogP contribution in [0.3, 0.4) is 0 Å². The molecule has 0 amide bonds. The van der Waals surface area contributed by atoms with Crippen molar-refractivity contribution in [3.05, 3.63) is 58.9 Å². The molecule has 0 unspecified atom stereocenters. The lowest BCUT2D eigenvalue weighted by molar-refractivity contribution is -0.133.